The van der Waals surface area contributed by atoms with Gasteiger partial charge in [0.1, 0.15) is 5.82 Å². The molecule has 0 aliphatic heterocycles. The Labute approximate surface area is 108 Å². The third kappa shape index (κ3) is 6.69. The monoisotopic (exact) mass is 255 g/mol. The van der Waals surface area contributed by atoms with Gasteiger partial charge in [0.25, 0.3) is 0 Å². The van der Waals surface area contributed by atoms with Crippen LogP contribution < -0.4 is 5.32 Å². The molecule has 0 bridgehead atoms. The summed E-state index contributed by atoms with van der Waals surface area (Å²) in [6, 6.07) is 7.20. The minimum absolute atomic E-state index is 0.164. The maximum absolute atomic E-state index is 12.7. The van der Waals surface area contributed by atoms with Gasteiger partial charge in [-0.05, 0) is 36.3 Å². The molecule has 1 nitrogen and oxygen atoms in total. The summed E-state index contributed by atoms with van der Waals surface area (Å²) in [6.45, 7) is 7.63. The lowest BCUT2D eigenvalue weighted by Crippen LogP contribution is -2.30. The van der Waals surface area contributed by atoms with Gasteiger partial charge in [-0.15, -0.1) is 0 Å². The van der Waals surface area contributed by atoms with Crippen molar-refractivity contribution in [1.82, 2.24) is 5.32 Å². The van der Waals surface area contributed by atoms with Crippen LogP contribution in [0.1, 0.15) is 26.3 Å². The first kappa shape index (κ1) is 14.5. The van der Waals surface area contributed by atoms with Crippen LogP contribution in [0.5, 0.6) is 0 Å². The van der Waals surface area contributed by atoms with E-state index >= 15 is 0 Å². The third-order valence-electron chi connectivity index (χ3n) is 2.50. The summed E-state index contributed by atoms with van der Waals surface area (Å²) >= 11 is 1.97. The minimum atomic E-state index is -0.164. The Morgan fingerprint density at radius 2 is 1.82 bits per heavy atom. The fourth-order valence-electron chi connectivity index (χ4n) is 1.65. The van der Waals surface area contributed by atoms with Crippen LogP contribution in [-0.4, -0.2) is 23.6 Å². The third-order valence-corrected chi connectivity index (χ3v) is 3.61. The Morgan fingerprint density at radius 3 is 2.41 bits per heavy atom. The first-order valence-corrected chi connectivity index (χ1v) is 7.22. The Hall–Kier alpha value is -0.540. The van der Waals surface area contributed by atoms with Crippen LogP contribution in [0.15, 0.2) is 24.3 Å². The van der Waals surface area contributed by atoms with Gasteiger partial charge in [0.2, 0.25) is 0 Å². The number of nitrogens with one attached hydrogen (secondary N) is 1. The number of rotatable bonds is 7. The standard InChI is InChI=1S/C14H22FNS/c1-11(2)17-9-8-16-12(3)10-13-4-6-14(15)7-5-13/h4-7,11-12,16H,8-10H2,1-3H3. The molecule has 0 fully saturated rings. The van der Waals surface area contributed by atoms with Gasteiger partial charge in [-0.3, -0.25) is 0 Å². The summed E-state index contributed by atoms with van der Waals surface area (Å²) in [6.07, 6.45) is 0.951. The van der Waals surface area contributed by atoms with Crippen molar-refractivity contribution in [1.29, 1.82) is 0 Å². The topological polar surface area (TPSA) is 12.0 Å². The average Bonchev–Trinajstić information content (AvgIpc) is 2.27. The SMILES string of the molecule is CC(Cc1ccc(F)cc1)NCCSC(C)C. The highest BCUT2D eigenvalue weighted by molar-refractivity contribution is 7.99. The number of thioether (sulfide) groups is 1. The maximum Gasteiger partial charge on any atom is 0.123 e. The summed E-state index contributed by atoms with van der Waals surface area (Å²) in [5.41, 5.74) is 1.18. The van der Waals surface area contributed by atoms with Crippen molar-refractivity contribution in [2.75, 3.05) is 12.3 Å². The largest absolute Gasteiger partial charge is 0.313 e. The van der Waals surface area contributed by atoms with Crippen LogP contribution in [0, 0.1) is 5.82 Å². The summed E-state index contributed by atoms with van der Waals surface area (Å²) in [5.74, 6) is 0.980. The highest BCUT2D eigenvalue weighted by Crippen LogP contribution is 2.08. The predicted molar refractivity (Wildman–Crippen MR) is 75.2 cm³/mol. The maximum atomic E-state index is 12.7. The lowest BCUT2D eigenvalue weighted by atomic mass is 10.1. The zero-order valence-corrected chi connectivity index (χ0v) is 11.7. The lowest BCUT2D eigenvalue weighted by molar-refractivity contribution is 0.566. The minimum Gasteiger partial charge on any atom is -0.313 e. The van der Waals surface area contributed by atoms with Crippen molar-refractivity contribution in [3.05, 3.63) is 35.6 Å². The smallest absolute Gasteiger partial charge is 0.123 e. The van der Waals surface area contributed by atoms with Gasteiger partial charge in [0.15, 0.2) is 0 Å². The molecule has 1 rings (SSSR count). The Kier molecular flexibility index (Phi) is 6.60. The Balaban J connectivity index is 2.20. The normalized spacial score (nSPS) is 13.0. The van der Waals surface area contributed by atoms with E-state index in [2.05, 4.69) is 26.1 Å². The molecule has 0 aliphatic rings. The molecule has 1 aromatic rings. The fourth-order valence-corrected chi connectivity index (χ4v) is 2.35. The molecule has 3 heteroatoms. The van der Waals surface area contributed by atoms with Crippen LogP contribution in [0.2, 0.25) is 0 Å². The molecule has 0 saturated heterocycles. The summed E-state index contributed by atoms with van der Waals surface area (Å²) in [4.78, 5) is 0. The number of halogens is 1. The van der Waals surface area contributed by atoms with E-state index in [9.17, 15) is 4.39 Å². The van der Waals surface area contributed by atoms with E-state index in [1.165, 1.54) is 17.7 Å². The van der Waals surface area contributed by atoms with Crippen LogP contribution in [0.3, 0.4) is 0 Å². The fraction of sp³-hybridized carbons (Fsp3) is 0.571. The van der Waals surface area contributed by atoms with Crippen LogP contribution in [-0.2, 0) is 6.42 Å². The number of hydrogen-bond acceptors (Lipinski definition) is 2. The van der Waals surface area contributed by atoms with E-state index in [0.717, 1.165) is 18.7 Å². The highest BCUT2D eigenvalue weighted by Gasteiger charge is 2.03. The lowest BCUT2D eigenvalue weighted by Gasteiger charge is -2.14. The molecule has 0 radical (unpaired) electrons. The molecule has 1 aromatic carbocycles. The van der Waals surface area contributed by atoms with Crippen molar-refractivity contribution in [2.45, 2.75) is 38.5 Å². The van der Waals surface area contributed by atoms with Crippen LogP contribution in [0.25, 0.3) is 0 Å². The van der Waals surface area contributed by atoms with Gasteiger partial charge in [-0.2, -0.15) is 11.8 Å². The van der Waals surface area contributed by atoms with E-state index in [-0.39, 0.29) is 5.82 Å². The molecule has 0 aliphatic carbocycles. The second-order valence-electron chi connectivity index (χ2n) is 4.61. The molecule has 1 unspecified atom stereocenters. The van der Waals surface area contributed by atoms with Crippen molar-refractivity contribution < 1.29 is 4.39 Å². The van der Waals surface area contributed by atoms with E-state index in [4.69, 9.17) is 0 Å². The Morgan fingerprint density at radius 1 is 1.18 bits per heavy atom. The first-order valence-electron chi connectivity index (χ1n) is 6.17. The van der Waals surface area contributed by atoms with Gasteiger partial charge < -0.3 is 5.32 Å². The zero-order chi connectivity index (χ0) is 12.7. The number of benzene rings is 1. The molecule has 0 heterocycles. The zero-order valence-electron chi connectivity index (χ0n) is 10.9. The van der Waals surface area contributed by atoms with E-state index in [1.807, 2.05) is 23.9 Å². The summed E-state index contributed by atoms with van der Waals surface area (Å²) < 4.78 is 12.7. The molecule has 0 amide bonds. The highest BCUT2D eigenvalue weighted by atomic mass is 32.2. The van der Waals surface area contributed by atoms with Gasteiger partial charge in [0, 0.05) is 18.3 Å². The molecule has 0 aromatic heterocycles. The van der Waals surface area contributed by atoms with Crippen molar-refractivity contribution in [2.24, 2.45) is 0 Å². The molecule has 1 N–H and O–H groups in total. The molecule has 96 valence electrons. The average molecular weight is 255 g/mol. The number of hydrogen-bond donors (Lipinski definition) is 1. The quantitative estimate of drug-likeness (QED) is 0.749. The van der Waals surface area contributed by atoms with Gasteiger partial charge >= 0.3 is 0 Å². The molecule has 0 spiro atoms. The summed E-state index contributed by atoms with van der Waals surface area (Å²) in [5, 5.41) is 4.18. The summed E-state index contributed by atoms with van der Waals surface area (Å²) in [7, 11) is 0. The van der Waals surface area contributed by atoms with E-state index in [1.54, 1.807) is 0 Å². The van der Waals surface area contributed by atoms with Crippen LogP contribution in [0.4, 0.5) is 4.39 Å². The van der Waals surface area contributed by atoms with E-state index in [0.29, 0.717) is 11.3 Å². The first-order chi connectivity index (χ1) is 8.08. The van der Waals surface area contributed by atoms with Crippen LogP contribution >= 0.6 is 11.8 Å². The molecule has 17 heavy (non-hydrogen) atoms. The molecule has 1 atom stereocenters. The molecule has 0 saturated carbocycles. The van der Waals surface area contributed by atoms with Crippen molar-refractivity contribution in [3.8, 4) is 0 Å². The second-order valence-corrected chi connectivity index (χ2v) is 6.29. The van der Waals surface area contributed by atoms with Gasteiger partial charge in [-0.1, -0.05) is 26.0 Å². The van der Waals surface area contributed by atoms with Crippen molar-refractivity contribution in [3.63, 3.8) is 0 Å². The predicted octanol–water partition coefficient (Wildman–Crippen LogP) is 3.49. The van der Waals surface area contributed by atoms with E-state index < -0.39 is 0 Å². The molecular formula is C14H22FNS. The van der Waals surface area contributed by atoms with Crippen molar-refractivity contribution >= 4 is 11.8 Å². The van der Waals surface area contributed by atoms with Gasteiger partial charge in [0.05, 0.1) is 0 Å². The second kappa shape index (κ2) is 7.72. The Bertz CT molecular complexity index is 311. The molecular weight excluding hydrogens is 233 g/mol. The van der Waals surface area contributed by atoms with Gasteiger partial charge in [-0.25, -0.2) is 4.39 Å².